The van der Waals surface area contributed by atoms with Gasteiger partial charge in [0.05, 0.1) is 6.10 Å². The lowest BCUT2D eigenvalue weighted by atomic mass is 10.2. The van der Waals surface area contributed by atoms with Gasteiger partial charge >= 0.3 is 0 Å². The third kappa shape index (κ3) is 3.03. The van der Waals surface area contributed by atoms with Gasteiger partial charge in [-0.25, -0.2) is 4.39 Å². The molecular formula is C10H14FNO. The number of rotatable bonds is 3. The third-order valence-electron chi connectivity index (χ3n) is 1.79. The number of aryl methyl sites for hydroxylation is 1. The van der Waals surface area contributed by atoms with Crippen molar-refractivity contribution < 1.29 is 9.50 Å². The summed E-state index contributed by atoms with van der Waals surface area (Å²) in [5.41, 5.74) is 1.71. The fraction of sp³-hybridized carbons (Fsp3) is 0.400. The summed E-state index contributed by atoms with van der Waals surface area (Å²) in [5.74, 6) is -0.265. The molecule has 3 heteroatoms. The van der Waals surface area contributed by atoms with Crippen molar-refractivity contribution in [3.63, 3.8) is 0 Å². The van der Waals surface area contributed by atoms with Crippen LogP contribution in [-0.2, 0) is 0 Å². The standard InChI is InChI=1S/C10H14FNO/c1-7-3-4-9(11)5-10(7)12-6-8(2)13/h3-5,8,12-13H,6H2,1-2H3/t8-/m1/s1. The van der Waals surface area contributed by atoms with Gasteiger partial charge in [0.15, 0.2) is 0 Å². The van der Waals surface area contributed by atoms with E-state index in [0.29, 0.717) is 6.54 Å². The van der Waals surface area contributed by atoms with Gasteiger partial charge in [0, 0.05) is 12.2 Å². The van der Waals surface area contributed by atoms with E-state index in [1.165, 1.54) is 12.1 Å². The van der Waals surface area contributed by atoms with Crippen molar-refractivity contribution >= 4 is 5.69 Å². The summed E-state index contributed by atoms with van der Waals surface area (Å²) in [5, 5.41) is 12.0. The quantitative estimate of drug-likeness (QED) is 0.750. The molecular weight excluding hydrogens is 169 g/mol. The van der Waals surface area contributed by atoms with Gasteiger partial charge in [0.2, 0.25) is 0 Å². The fourth-order valence-corrected chi connectivity index (χ4v) is 1.04. The first-order chi connectivity index (χ1) is 6.09. The van der Waals surface area contributed by atoms with Crippen LogP contribution < -0.4 is 5.32 Å². The predicted molar refractivity (Wildman–Crippen MR) is 51.3 cm³/mol. The molecule has 0 unspecified atom stereocenters. The maximum Gasteiger partial charge on any atom is 0.125 e. The first kappa shape index (κ1) is 9.99. The highest BCUT2D eigenvalue weighted by Gasteiger charge is 2.00. The van der Waals surface area contributed by atoms with Crippen LogP contribution in [0.3, 0.4) is 0 Å². The van der Waals surface area contributed by atoms with Crippen LogP contribution in [0.1, 0.15) is 12.5 Å². The molecule has 1 aromatic carbocycles. The minimum atomic E-state index is -0.428. The number of nitrogens with one attached hydrogen (secondary N) is 1. The maximum absolute atomic E-state index is 12.8. The largest absolute Gasteiger partial charge is 0.392 e. The van der Waals surface area contributed by atoms with Crippen LogP contribution in [0.2, 0.25) is 0 Å². The van der Waals surface area contributed by atoms with E-state index in [4.69, 9.17) is 5.11 Å². The number of aliphatic hydroxyl groups excluding tert-OH is 1. The zero-order valence-electron chi connectivity index (χ0n) is 7.84. The lowest BCUT2D eigenvalue weighted by Gasteiger charge is -2.10. The van der Waals surface area contributed by atoms with E-state index < -0.39 is 6.10 Å². The Balaban J connectivity index is 2.70. The molecule has 0 heterocycles. The predicted octanol–water partition coefficient (Wildman–Crippen LogP) is 1.93. The van der Waals surface area contributed by atoms with Crippen LogP contribution >= 0.6 is 0 Å². The van der Waals surface area contributed by atoms with Gasteiger partial charge in [0.25, 0.3) is 0 Å². The second-order valence-corrected chi connectivity index (χ2v) is 3.19. The molecule has 0 saturated carbocycles. The molecule has 13 heavy (non-hydrogen) atoms. The average Bonchev–Trinajstić information content (AvgIpc) is 2.06. The Hall–Kier alpha value is -1.09. The van der Waals surface area contributed by atoms with E-state index in [-0.39, 0.29) is 5.82 Å². The minimum Gasteiger partial charge on any atom is -0.392 e. The van der Waals surface area contributed by atoms with E-state index in [1.54, 1.807) is 13.0 Å². The number of aliphatic hydroxyl groups is 1. The summed E-state index contributed by atoms with van der Waals surface area (Å²) in [7, 11) is 0. The molecule has 1 atom stereocenters. The number of hydrogen-bond acceptors (Lipinski definition) is 2. The molecule has 0 aliphatic carbocycles. The van der Waals surface area contributed by atoms with Crippen LogP contribution in [-0.4, -0.2) is 17.8 Å². The molecule has 0 aliphatic heterocycles. The first-order valence-electron chi connectivity index (χ1n) is 4.27. The summed E-state index contributed by atoms with van der Waals surface area (Å²) in [6.45, 7) is 4.01. The average molecular weight is 183 g/mol. The summed E-state index contributed by atoms with van der Waals surface area (Å²) in [6.07, 6.45) is -0.428. The zero-order valence-corrected chi connectivity index (χ0v) is 7.84. The van der Waals surface area contributed by atoms with Crippen molar-refractivity contribution in [1.29, 1.82) is 0 Å². The highest BCUT2D eigenvalue weighted by atomic mass is 19.1. The summed E-state index contributed by atoms with van der Waals surface area (Å²) >= 11 is 0. The molecule has 72 valence electrons. The highest BCUT2D eigenvalue weighted by molar-refractivity contribution is 5.50. The Bertz CT molecular complexity index is 286. The number of anilines is 1. The van der Waals surface area contributed by atoms with Crippen molar-refractivity contribution in [1.82, 2.24) is 0 Å². The van der Waals surface area contributed by atoms with Crippen LogP contribution in [0.25, 0.3) is 0 Å². The summed E-state index contributed by atoms with van der Waals surface area (Å²) in [4.78, 5) is 0. The number of benzene rings is 1. The molecule has 1 aromatic rings. The Labute approximate surface area is 77.4 Å². The second kappa shape index (κ2) is 4.23. The van der Waals surface area contributed by atoms with Crippen molar-refractivity contribution in [2.45, 2.75) is 20.0 Å². The Morgan fingerprint density at radius 1 is 1.54 bits per heavy atom. The molecule has 0 radical (unpaired) electrons. The van der Waals surface area contributed by atoms with E-state index in [9.17, 15) is 4.39 Å². The molecule has 0 bridgehead atoms. The topological polar surface area (TPSA) is 32.3 Å². The number of halogens is 1. The molecule has 0 aliphatic rings. The summed E-state index contributed by atoms with van der Waals surface area (Å²) < 4.78 is 12.8. The maximum atomic E-state index is 12.8. The molecule has 0 amide bonds. The van der Waals surface area contributed by atoms with Crippen molar-refractivity contribution in [3.05, 3.63) is 29.6 Å². The van der Waals surface area contributed by atoms with Crippen LogP contribution in [0.5, 0.6) is 0 Å². The monoisotopic (exact) mass is 183 g/mol. The van der Waals surface area contributed by atoms with Gasteiger partial charge in [-0.2, -0.15) is 0 Å². The molecule has 0 fully saturated rings. The Morgan fingerprint density at radius 3 is 2.85 bits per heavy atom. The zero-order chi connectivity index (χ0) is 9.84. The number of hydrogen-bond donors (Lipinski definition) is 2. The van der Waals surface area contributed by atoms with E-state index in [2.05, 4.69) is 5.32 Å². The van der Waals surface area contributed by atoms with E-state index >= 15 is 0 Å². The fourth-order valence-electron chi connectivity index (χ4n) is 1.04. The first-order valence-corrected chi connectivity index (χ1v) is 4.27. The SMILES string of the molecule is Cc1ccc(F)cc1NC[C@@H](C)O. The smallest absolute Gasteiger partial charge is 0.125 e. The minimum absolute atomic E-state index is 0.265. The lowest BCUT2D eigenvalue weighted by Crippen LogP contribution is -2.15. The van der Waals surface area contributed by atoms with Crippen molar-refractivity contribution in [2.24, 2.45) is 0 Å². The molecule has 1 rings (SSSR count). The van der Waals surface area contributed by atoms with Crippen LogP contribution in [0, 0.1) is 12.7 Å². The molecule has 2 nitrogen and oxygen atoms in total. The van der Waals surface area contributed by atoms with Crippen molar-refractivity contribution in [3.8, 4) is 0 Å². The van der Waals surface area contributed by atoms with Gasteiger partial charge in [-0.3, -0.25) is 0 Å². The Morgan fingerprint density at radius 2 is 2.23 bits per heavy atom. The highest BCUT2D eigenvalue weighted by Crippen LogP contribution is 2.15. The van der Waals surface area contributed by atoms with Gasteiger partial charge in [-0.15, -0.1) is 0 Å². The second-order valence-electron chi connectivity index (χ2n) is 3.19. The van der Waals surface area contributed by atoms with E-state index in [0.717, 1.165) is 11.3 Å². The lowest BCUT2D eigenvalue weighted by molar-refractivity contribution is 0.208. The molecule has 0 aromatic heterocycles. The van der Waals surface area contributed by atoms with E-state index in [1.807, 2.05) is 6.92 Å². The Kier molecular flexibility index (Phi) is 3.25. The summed E-state index contributed by atoms with van der Waals surface area (Å²) in [6, 6.07) is 4.56. The van der Waals surface area contributed by atoms with Crippen molar-refractivity contribution in [2.75, 3.05) is 11.9 Å². The molecule has 0 saturated heterocycles. The van der Waals surface area contributed by atoms with Crippen LogP contribution in [0.4, 0.5) is 10.1 Å². The van der Waals surface area contributed by atoms with Crippen LogP contribution in [0.15, 0.2) is 18.2 Å². The third-order valence-corrected chi connectivity index (χ3v) is 1.79. The molecule has 0 spiro atoms. The van der Waals surface area contributed by atoms with Gasteiger partial charge < -0.3 is 10.4 Å². The van der Waals surface area contributed by atoms with Gasteiger partial charge in [-0.1, -0.05) is 6.07 Å². The normalized spacial score (nSPS) is 12.6. The van der Waals surface area contributed by atoms with Gasteiger partial charge in [0.1, 0.15) is 5.82 Å². The molecule has 2 N–H and O–H groups in total. The van der Waals surface area contributed by atoms with Gasteiger partial charge in [-0.05, 0) is 31.5 Å².